The molecule has 31 heavy (non-hydrogen) atoms. The number of guanidine groups is 1. The maximum Gasteiger partial charge on any atom is 0.387 e. The van der Waals surface area contributed by atoms with Gasteiger partial charge in [0, 0.05) is 5.56 Å². The Morgan fingerprint density at radius 2 is 1.94 bits per heavy atom. The third-order valence-corrected chi connectivity index (χ3v) is 4.10. The molecule has 2 aromatic carbocycles. The zero-order valence-corrected chi connectivity index (χ0v) is 16.3. The molecule has 11 heteroatoms. The minimum absolute atomic E-state index is 0.0648. The highest BCUT2D eigenvalue weighted by atomic mass is 19.3. The van der Waals surface area contributed by atoms with Crippen molar-refractivity contribution in [3.05, 3.63) is 54.1 Å². The van der Waals surface area contributed by atoms with Crippen molar-refractivity contribution >= 4 is 29.7 Å². The van der Waals surface area contributed by atoms with Crippen LogP contribution in [0.15, 0.2) is 58.6 Å². The summed E-state index contributed by atoms with van der Waals surface area (Å²) in [6.45, 7) is -3.03. The number of carbonyl (C=O) groups excluding carboxylic acids is 2. The summed E-state index contributed by atoms with van der Waals surface area (Å²) in [7, 11) is 1.54. The lowest BCUT2D eigenvalue weighted by Crippen LogP contribution is -2.35. The topological polar surface area (TPSA) is 113 Å². The minimum Gasteiger partial charge on any atom is -0.496 e. The zero-order chi connectivity index (χ0) is 22.2. The molecule has 0 bridgehead atoms. The van der Waals surface area contributed by atoms with Gasteiger partial charge in [-0.2, -0.15) is 13.9 Å². The Balaban J connectivity index is 1.58. The molecule has 0 saturated carbocycles. The van der Waals surface area contributed by atoms with Crippen molar-refractivity contribution in [2.24, 2.45) is 10.1 Å². The largest absolute Gasteiger partial charge is 0.496 e. The molecular weight excluding hydrogens is 412 g/mol. The first-order chi connectivity index (χ1) is 15.0. The number of nitrogens with zero attached hydrogens (tertiary/aromatic N) is 2. The summed E-state index contributed by atoms with van der Waals surface area (Å²) in [4.78, 5) is 28.4. The number of nitrogens with one attached hydrogen (secondary N) is 3. The lowest BCUT2D eigenvalue weighted by atomic mass is 10.2. The second kappa shape index (κ2) is 10.1. The van der Waals surface area contributed by atoms with Crippen LogP contribution in [0, 0.1) is 0 Å². The van der Waals surface area contributed by atoms with E-state index in [4.69, 9.17) is 4.74 Å². The maximum absolute atomic E-state index is 12.5. The zero-order valence-electron chi connectivity index (χ0n) is 16.3. The van der Waals surface area contributed by atoms with Gasteiger partial charge in [-0.3, -0.25) is 14.9 Å². The summed E-state index contributed by atoms with van der Waals surface area (Å²) < 4.78 is 34.5. The van der Waals surface area contributed by atoms with Crippen LogP contribution in [0.4, 0.5) is 14.5 Å². The van der Waals surface area contributed by atoms with E-state index in [1.165, 1.54) is 31.5 Å². The number of hydrogen-bond acceptors (Lipinski definition) is 7. The van der Waals surface area contributed by atoms with E-state index < -0.39 is 24.5 Å². The lowest BCUT2D eigenvalue weighted by molar-refractivity contribution is -0.123. The lowest BCUT2D eigenvalue weighted by Gasteiger charge is -2.12. The van der Waals surface area contributed by atoms with Gasteiger partial charge in [0.05, 0.1) is 25.4 Å². The number of benzene rings is 2. The van der Waals surface area contributed by atoms with Gasteiger partial charge in [0.1, 0.15) is 17.5 Å². The first kappa shape index (κ1) is 21.7. The van der Waals surface area contributed by atoms with E-state index >= 15 is 0 Å². The molecule has 1 aliphatic rings. The number of rotatable bonds is 8. The van der Waals surface area contributed by atoms with Crippen molar-refractivity contribution in [1.82, 2.24) is 10.7 Å². The van der Waals surface area contributed by atoms with E-state index in [0.29, 0.717) is 11.3 Å². The van der Waals surface area contributed by atoms with Crippen LogP contribution in [0.3, 0.4) is 0 Å². The third-order valence-electron chi connectivity index (χ3n) is 4.10. The van der Waals surface area contributed by atoms with Crippen molar-refractivity contribution in [3.8, 4) is 11.5 Å². The average molecular weight is 431 g/mol. The molecule has 0 saturated heterocycles. The Kier molecular flexibility index (Phi) is 7.09. The Bertz CT molecular complexity index is 1010. The van der Waals surface area contributed by atoms with E-state index in [1.54, 1.807) is 18.2 Å². The average Bonchev–Trinajstić information content (AvgIpc) is 3.08. The van der Waals surface area contributed by atoms with Crippen LogP contribution in [-0.4, -0.2) is 43.8 Å². The smallest absolute Gasteiger partial charge is 0.387 e. The first-order valence-corrected chi connectivity index (χ1v) is 9.10. The Hall–Kier alpha value is -4.02. The maximum atomic E-state index is 12.5. The predicted molar refractivity (Wildman–Crippen MR) is 109 cm³/mol. The number of ether oxygens (including phenoxy) is 2. The normalized spacial score (nSPS) is 15.5. The van der Waals surface area contributed by atoms with Crippen LogP contribution in [0.2, 0.25) is 0 Å². The minimum atomic E-state index is -3.03. The van der Waals surface area contributed by atoms with Gasteiger partial charge in [0.15, 0.2) is 0 Å². The summed E-state index contributed by atoms with van der Waals surface area (Å²) in [5.74, 6) is -0.569. The van der Waals surface area contributed by atoms with Crippen LogP contribution in [-0.2, 0) is 9.59 Å². The van der Waals surface area contributed by atoms with Gasteiger partial charge in [-0.05, 0) is 24.3 Å². The predicted octanol–water partition coefficient (Wildman–Crippen LogP) is 2.10. The quantitative estimate of drug-likeness (QED) is 0.438. The van der Waals surface area contributed by atoms with E-state index in [0.717, 1.165) is 0 Å². The van der Waals surface area contributed by atoms with Gasteiger partial charge < -0.3 is 14.8 Å². The number of carbonyl (C=O) groups is 2. The van der Waals surface area contributed by atoms with Crippen molar-refractivity contribution in [2.75, 3.05) is 12.4 Å². The van der Waals surface area contributed by atoms with Crippen LogP contribution >= 0.6 is 0 Å². The van der Waals surface area contributed by atoms with Gasteiger partial charge in [-0.15, -0.1) is 0 Å². The monoisotopic (exact) mass is 431 g/mol. The van der Waals surface area contributed by atoms with Gasteiger partial charge in [0.2, 0.25) is 11.9 Å². The molecule has 1 unspecified atom stereocenters. The number of hydrogen-bond donors (Lipinski definition) is 3. The number of para-hydroxylation sites is 3. The fourth-order valence-corrected chi connectivity index (χ4v) is 2.72. The molecule has 1 atom stereocenters. The summed E-state index contributed by atoms with van der Waals surface area (Å²) in [5, 5.41) is 8.92. The third kappa shape index (κ3) is 5.98. The molecule has 9 nitrogen and oxygen atoms in total. The SMILES string of the molecule is COc1ccccc1C=NNC1=NC(CC(=O)Nc2ccccc2OC(F)F)C(=O)N1. The van der Waals surface area contributed by atoms with E-state index in [-0.39, 0.29) is 23.8 Å². The summed E-state index contributed by atoms with van der Waals surface area (Å²) in [6.07, 6.45) is 1.20. The van der Waals surface area contributed by atoms with Gasteiger partial charge in [-0.25, -0.2) is 10.4 Å². The molecule has 3 rings (SSSR count). The fraction of sp³-hybridized carbons (Fsp3) is 0.200. The number of methoxy groups -OCH3 is 1. The summed E-state index contributed by atoms with van der Waals surface area (Å²) >= 11 is 0. The molecule has 2 amide bonds. The highest BCUT2D eigenvalue weighted by Crippen LogP contribution is 2.25. The second-order valence-corrected chi connectivity index (χ2v) is 6.22. The van der Waals surface area contributed by atoms with Crippen LogP contribution in [0.1, 0.15) is 12.0 Å². The fourth-order valence-electron chi connectivity index (χ4n) is 2.72. The Morgan fingerprint density at radius 3 is 2.68 bits per heavy atom. The van der Waals surface area contributed by atoms with Crippen molar-refractivity contribution in [1.29, 1.82) is 0 Å². The van der Waals surface area contributed by atoms with Crippen molar-refractivity contribution in [2.45, 2.75) is 19.1 Å². The number of aliphatic imine (C=N–C) groups is 1. The molecule has 0 spiro atoms. The van der Waals surface area contributed by atoms with Gasteiger partial charge in [0.25, 0.3) is 5.91 Å². The van der Waals surface area contributed by atoms with Crippen LogP contribution < -0.4 is 25.5 Å². The number of halogens is 2. The molecule has 1 heterocycles. The molecule has 2 aromatic rings. The van der Waals surface area contributed by atoms with E-state index in [9.17, 15) is 18.4 Å². The number of hydrazone groups is 1. The highest BCUT2D eigenvalue weighted by molar-refractivity contribution is 6.07. The van der Waals surface area contributed by atoms with Gasteiger partial charge in [-0.1, -0.05) is 24.3 Å². The molecular formula is C20H19F2N5O4. The van der Waals surface area contributed by atoms with Crippen molar-refractivity contribution in [3.63, 3.8) is 0 Å². The molecule has 162 valence electrons. The molecule has 0 radical (unpaired) electrons. The van der Waals surface area contributed by atoms with Crippen LogP contribution in [0.5, 0.6) is 11.5 Å². The number of alkyl halides is 2. The van der Waals surface area contributed by atoms with Crippen LogP contribution in [0.25, 0.3) is 0 Å². The molecule has 0 aromatic heterocycles. The first-order valence-electron chi connectivity index (χ1n) is 9.10. The Morgan fingerprint density at radius 1 is 1.23 bits per heavy atom. The van der Waals surface area contributed by atoms with E-state index in [2.05, 4.69) is 30.9 Å². The standard InChI is InChI=1S/C20H19F2N5O4/c1-30-15-8-4-2-6-12(15)11-23-27-20-25-14(18(29)26-20)10-17(28)24-13-7-3-5-9-16(13)31-19(21)22/h2-9,11,14,19H,10H2,1H3,(H,24,28)(H2,25,26,27,29). The molecule has 0 fully saturated rings. The summed E-state index contributed by atoms with van der Waals surface area (Å²) in [5.41, 5.74) is 3.37. The molecule has 1 aliphatic heterocycles. The second-order valence-electron chi connectivity index (χ2n) is 6.22. The molecule has 0 aliphatic carbocycles. The highest BCUT2D eigenvalue weighted by Gasteiger charge is 2.28. The van der Waals surface area contributed by atoms with Gasteiger partial charge >= 0.3 is 6.61 Å². The number of amides is 2. The van der Waals surface area contributed by atoms with E-state index in [1.807, 2.05) is 12.1 Å². The number of anilines is 1. The summed E-state index contributed by atoms with van der Waals surface area (Å²) in [6, 6.07) is 12.0. The van der Waals surface area contributed by atoms with Crippen molar-refractivity contribution < 1.29 is 27.8 Å². The molecule has 3 N–H and O–H groups in total. The Labute approximate surface area is 176 Å².